The first-order valence-corrected chi connectivity index (χ1v) is 7.10. The Morgan fingerprint density at radius 2 is 2.40 bits per heavy atom. The Labute approximate surface area is 119 Å². The van der Waals surface area contributed by atoms with Crippen LogP contribution in [0.1, 0.15) is 5.82 Å². The van der Waals surface area contributed by atoms with Crippen LogP contribution < -0.4 is 10.1 Å². The van der Waals surface area contributed by atoms with Crippen LogP contribution in [0.5, 0.6) is 5.75 Å². The summed E-state index contributed by atoms with van der Waals surface area (Å²) in [4.78, 5) is 14.5. The van der Waals surface area contributed by atoms with Crippen molar-refractivity contribution in [1.82, 2.24) is 25.5 Å². The van der Waals surface area contributed by atoms with Crippen LogP contribution in [0.3, 0.4) is 0 Å². The summed E-state index contributed by atoms with van der Waals surface area (Å²) in [6.07, 6.45) is -0.494. The van der Waals surface area contributed by atoms with Gasteiger partial charge in [-0.1, -0.05) is 12.1 Å². The molecule has 1 aromatic heterocycles. The lowest BCUT2D eigenvalue weighted by atomic mass is 10.3. The highest BCUT2D eigenvalue weighted by atomic mass is 32.2. The number of nitrogens with zero attached hydrogens (tertiary/aromatic N) is 4. The van der Waals surface area contributed by atoms with Gasteiger partial charge in [-0.25, -0.2) is 0 Å². The number of benzene rings is 1. The van der Waals surface area contributed by atoms with E-state index in [0.29, 0.717) is 11.6 Å². The van der Waals surface area contributed by atoms with Gasteiger partial charge in [0.25, 0.3) is 5.91 Å². The van der Waals surface area contributed by atoms with E-state index >= 15 is 0 Å². The van der Waals surface area contributed by atoms with Gasteiger partial charge in [0.15, 0.2) is 11.9 Å². The van der Waals surface area contributed by atoms with E-state index < -0.39 is 6.10 Å². The molecule has 1 atom stereocenters. The molecule has 20 heavy (non-hydrogen) atoms. The number of carbonyl (C=O) groups excluding carboxylic acids is 1. The second kappa shape index (κ2) is 5.49. The minimum atomic E-state index is -0.494. The second-order valence-corrected chi connectivity index (χ2v) is 5.34. The number of para-hydroxylation sites is 1. The molecule has 0 saturated heterocycles. The van der Waals surface area contributed by atoms with Crippen LogP contribution in [0, 0.1) is 0 Å². The van der Waals surface area contributed by atoms with Crippen molar-refractivity contribution >= 4 is 17.7 Å². The molecule has 1 N–H and O–H groups in total. The van der Waals surface area contributed by atoms with Crippen LogP contribution in [-0.4, -0.2) is 38.0 Å². The number of aryl methyl sites for hydroxylation is 1. The van der Waals surface area contributed by atoms with Crippen molar-refractivity contribution in [1.29, 1.82) is 0 Å². The Morgan fingerprint density at radius 1 is 1.55 bits per heavy atom. The number of aromatic nitrogens is 4. The molecule has 1 unspecified atom stereocenters. The predicted octanol–water partition coefficient (Wildman–Crippen LogP) is 0.380. The molecule has 1 aliphatic heterocycles. The largest absolute Gasteiger partial charge is 0.479 e. The predicted molar refractivity (Wildman–Crippen MR) is 72.2 cm³/mol. The van der Waals surface area contributed by atoms with Gasteiger partial charge in [0.1, 0.15) is 5.75 Å². The Balaban J connectivity index is 1.59. The van der Waals surface area contributed by atoms with Crippen LogP contribution in [-0.2, 0) is 18.4 Å². The van der Waals surface area contributed by atoms with Gasteiger partial charge in [0.05, 0.1) is 13.6 Å². The third-order valence-corrected chi connectivity index (χ3v) is 3.89. The average molecular weight is 291 g/mol. The van der Waals surface area contributed by atoms with E-state index in [4.69, 9.17) is 4.74 Å². The zero-order valence-electron chi connectivity index (χ0n) is 10.8. The quantitative estimate of drug-likeness (QED) is 0.880. The van der Waals surface area contributed by atoms with E-state index in [1.165, 1.54) is 4.80 Å². The lowest BCUT2D eigenvalue weighted by Gasteiger charge is -2.24. The normalized spacial score (nSPS) is 17.1. The molecule has 0 spiro atoms. The molecule has 104 valence electrons. The molecule has 7 nitrogen and oxygen atoms in total. The Morgan fingerprint density at radius 3 is 3.20 bits per heavy atom. The van der Waals surface area contributed by atoms with Crippen molar-refractivity contribution in [2.24, 2.45) is 7.05 Å². The Bertz CT molecular complexity index is 630. The fourth-order valence-electron chi connectivity index (χ4n) is 1.82. The fraction of sp³-hybridized carbons (Fsp3) is 0.333. The van der Waals surface area contributed by atoms with Gasteiger partial charge in [-0.2, -0.15) is 4.80 Å². The molecular weight excluding hydrogens is 278 g/mol. The zero-order chi connectivity index (χ0) is 13.9. The van der Waals surface area contributed by atoms with Gasteiger partial charge in [-0.15, -0.1) is 22.0 Å². The summed E-state index contributed by atoms with van der Waals surface area (Å²) in [7, 11) is 1.68. The highest BCUT2D eigenvalue weighted by Gasteiger charge is 2.26. The van der Waals surface area contributed by atoms with Gasteiger partial charge >= 0.3 is 0 Å². The lowest BCUT2D eigenvalue weighted by Crippen LogP contribution is -2.41. The first-order valence-electron chi connectivity index (χ1n) is 6.11. The van der Waals surface area contributed by atoms with E-state index in [0.717, 1.165) is 10.6 Å². The second-order valence-electron chi connectivity index (χ2n) is 4.28. The smallest absolute Gasteiger partial charge is 0.262 e. The highest BCUT2D eigenvalue weighted by Crippen LogP contribution is 2.34. The summed E-state index contributed by atoms with van der Waals surface area (Å²) >= 11 is 1.62. The molecular formula is C12H13N5O2S. The minimum Gasteiger partial charge on any atom is -0.479 e. The van der Waals surface area contributed by atoms with E-state index in [1.54, 1.807) is 18.8 Å². The molecule has 0 bridgehead atoms. The average Bonchev–Trinajstić information content (AvgIpc) is 2.90. The molecule has 3 rings (SSSR count). The number of nitrogens with one attached hydrogen (secondary N) is 1. The molecule has 0 aliphatic carbocycles. The summed E-state index contributed by atoms with van der Waals surface area (Å²) in [5.74, 6) is 1.65. The number of hydrogen-bond donors (Lipinski definition) is 1. The van der Waals surface area contributed by atoms with Crippen molar-refractivity contribution in [2.45, 2.75) is 17.5 Å². The molecule has 0 fully saturated rings. The first kappa shape index (κ1) is 12.9. The van der Waals surface area contributed by atoms with E-state index in [1.807, 2.05) is 24.3 Å². The Kier molecular flexibility index (Phi) is 3.55. The van der Waals surface area contributed by atoms with Crippen molar-refractivity contribution in [3.63, 3.8) is 0 Å². The van der Waals surface area contributed by atoms with Crippen molar-refractivity contribution in [3.05, 3.63) is 30.1 Å². The van der Waals surface area contributed by atoms with E-state index in [-0.39, 0.29) is 12.5 Å². The maximum atomic E-state index is 12.1. The number of tetrazole rings is 1. The molecule has 8 heteroatoms. The monoisotopic (exact) mass is 291 g/mol. The van der Waals surface area contributed by atoms with Crippen LogP contribution in [0.2, 0.25) is 0 Å². The number of fused-ring (bicyclic) bond motifs is 1. The summed E-state index contributed by atoms with van der Waals surface area (Å²) in [5.41, 5.74) is 0. The van der Waals surface area contributed by atoms with E-state index in [2.05, 4.69) is 20.7 Å². The summed E-state index contributed by atoms with van der Waals surface area (Å²) in [6.45, 7) is 0.249. The number of hydrogen-bond acceptors (Lipinski definition) is 6. The number of carbonyl (C=O) groups is 1. The molecule has 0 saturated carbocycles. The molecule has 1 aliphatic rings. The van der Waals surface area contributed by atoms with Gasteiger partial charge < -0.3 is 10.1 Å². The third-order valence-electron chi connectivity index (χ3n) is 2.77. The third kappa shape index (κ3) is 2.74. The summed E-state index contributed by atoms with van der Waals surface area (Å²) < 4.78 is 5.69. The van der Waals surface area contributed by atoms with E-state index in [9.17, 15) is 4.79 Å². The molecule has 1 amide bonds. The first-order chi connectivity index (χ1) is 9.72. The van der Waals surface area contributed by atoms with Crippen LogP contribution in [0.25, 0.3) is 0 Å². The topological polar surface area (TPSA) is 81.9 Å². The molecule has 0 radical (unpaired) electrons. The highest BCUT2D eigenvalue weighted by molar-refractivity contribution is 7.99. The summed E-state index contributed by atoms with van der Waals surface area (Å²) in [5, 5.41) is 14.3. The van der Waals surface area contributed by atoms with Gasteiger partial charge in [0.2, 0.25) is 0 Å². The standard InChI is InChI=1S/C12H13N5O2S/c1-17-15-11(14-16-17)6-13-12(18)9-7-20-10-5-3-2-4-8(10)19-9/h2-5,9H,6-7H2,1H3,(H,13,18). The summed E-state index contributed by atoms with van der Waals surface area (Å²) in [6, 6.07) is 7.70. The Hall–Kier alpha value is -2.09. The van der Waals surface area contributed by atoms with Crippen molar-refractivity contribution in [3.8, 4) is 5.75 Å². The van der Waals surface area contributed by atoms with Crippen LogP contribution in [0.15, 0.2) is 29.2 Å². The SMILES string of the molecule is Cn1nnc(CNC(=O)C2CSc3ccccc3O2)n1. The van der Waals surface area contributed by atoms with Crippen molar-refractivity contribution < 1.29 is 9.53 Å². The number of amides is 1. The maximum Gasteiger partial charge on any atom is 0.262 e. The minimum absolute atomic E-state index is 0.167. The molecule has 2 aromatic rings. The molecule has 2 heterocycles. The van der Waals surface area contributed by atoms with Crippen LogP contribution >= 0.6 is 11.8 Å². The van der Waals surface area contributed by atoms with Gasteiger partial charge in [-0.3, -0.25) is 4.79 Å². The number of ether oxygens (including phenoxy) is 1. The van der Waals surface area contributed by atoms with Gasteiger partial charge in [-0.05, 0) is 17.3 Å². The van der Waals surface area contributed by atoms with Crippen LogP contribution in [0.4, 0.5) is 0 Å². The number of rotatable bonds is 3. The fourth-order valence-corrected chi connectivity index (χ4v) is 2.81. The maximum absolute atomic E-state index is 12.1. The number of thioether (sulfide) groups is 1. The zero-order valence-corrected chi connectivity index (χ0v) is 11.6. The van der Waals surface area contributed by atoms with Crippen molar-refractivity contribution in [2.75, 3.05) is 5.75 Å². The molecule has 1 aromatic carbocycles. The lowest BCUT2D eigenvalue weighted by molar-refractivity contribution is -0.127. The van der Waals surface area contributed by atoms with Gasteiger partial charge in [0, 0.05) is 10.6 Å².